The maximum atomic E-state index is 12.6. The zero-order valence-electron chi connectivity index (χ0n) is 11.6. The quantitative estimate of drug-likeness (QED) is 0.908. The van der Waals surface area contributed by atoms with Gasteiger partial charge in [-0.3, -0.25) is 0 Å². The van der Waals surface area contributed by atoms with Crippen molar-refractivity contribution in [3.63, 3.8) is 0 Å². The van der Waals surface area contributed by atoms with Crippen LogP contribution in [0.4, 0.5) is 18.3 Å². The highest BCUT2D eigenvalue weighted by Gasteiger charge is 2.36. The Hall–Kier alpha value is -0.890. The summed E-state index contributed by atoms with van der Waals surface area (Å²) in [5, 5.41) is 3.72. The summed E-state index contributed by atoms with van der Waals surface area (Å²) in [5.41, 5.74) is 0. The first-order valence-electron chi connectivity index (χ1n) is 6.75. The minimum Gasteiger partial charge on any atom is -0.345 e. The smallest absolute Gasteiger partial charge is 0.345 e. The summed E-state index contributed by atoms with van der Waals surface area (Å²) in [6, 6.07) is 0.326. The SMILES string of the molecule is CC(C)CN(CC1CCCN1)c1nc(C(F)(F)F)ns1. The van der Waals surface area contributed by atoms with Crippen molar-refractivity contribution in [2.24, 2.45) is 5.92 Å². The van der Waals surface area contributed by atoms with Crippen LogP contribution in [-0.2, 0) is 6.18 Å². The maximum absolute atomic E-state index is 12.6. The van der Waals surface area contributed by atoms with Crippen LogP contribution in [0.1, 0.15) is 32.5 Å². The van der Waals surface area contributed by atoms with Crippen LogP contribution in [0.15, 0.2) is 0 Å². The molecule has 2 rings (SSSR count). The van der Waals surface area contributed by atoms with Gasteiger partial charge in [0.05, 0.1) is 0 Å². The van der Waals surface area contributed by atoms with E-state index in [0.717, 1.165) is 30.9 Å². The van der Waals surface area contributed by atoms with Gasteiger partial charge < -0.3 is 10.2 Å². The topological polar surface area (TPSA) is 41.0 Å². The molecular weight excluding hydrogens is 289 g/mol. The molecule has 1 aliphatic heterocycles. The van der Waals surface area contributed by atoms with Crippen molar-refractivity contribution in [3.05, 3.63) is 5.82 Å². The number of nitrogens with one attached hydrogen (secondary N) is 1. The molecule has 1 unspecified atom stereocenters. The van der Waals surface area contributed by atoms with E-state index in [9.17, 15) is 13.2 Å². The lowest BCUT2D eigenvalue weighted by Crippen LogP contribution is -2.39. The van der Waals surface area contributed by atoms with E-state index in [1.54, 1.807) is 0 Å². The van der Waals surface area contributed by atoms with E-state index < -0.39 is 12.0 Å². The fraction of sp³-hybridized carbons (Fsp3) is 0.833. The van der Waals surface area contributed by atoms with Gasteiger partial charge in [0, 0.05) is 30.7 Å². The summed E-state index contributed by atoms with van der Waals surface area (Å²) < 4.78 is 41.2. The first-order chi connectivity index (χ1) is 9.36. The second-order valence-corrected chi connectivity index (χ2v) is 6.22. The van der Waals surface area contributed by atoms with Crippen LogP contribution in [0.25, 0.3) is 0 Å². The molecule has 1 atom stereocenters. The summed E-state index contributed by atoms with van der Waals surface area (Å²) >= 11 is 0.827. The second kappa shape index (κ2) is 6.26. The summed E-state index contributed by atoms with van der Waals surface area (Å²) in [6.45, 7) is 6.43. The van der Waals surface area contributed by atoms with Crippen molar-refractivity contribution in [3.8, 4) is 0 Å². The number of anilines is 1. The van der Waals surface area contributed by atoms with Gasteiger partial charge in [-0.15, -0.1) is 0 Å². The molecule has 114 valence electrons. The van der Waals surface area contributed by atoms with Crippen molar-refractivity contribution in [1.82, 2.24) is 14.7 Å². The number of rotatable bonds is 5. The van der Waals surface area contributed by atoms with Gasteiger partial charge in [-0.25, -0.2) is 0 Å². The molecule has 1 fully saturated rings. The molecule has 0 amide bonds. The lowest BCUT2D eigenvalue weighted by atomic mass is 10.2. The number of aromatic nitrogens is 2. The molecule has 2 heterocycles. The zero-order valence-corrected chi connectivity index (χ0v) is 12.4. The predicted octanol–water partition coefficient (Wildman–Crippen LogP) is 2.77. The Labute approximate surface area is 120 Å². The third-order valence-corrected chi connectivity index (χ3v) is 3.91. The number of hydrogen-bond acceptors (Lipinski definition) is 5. The fourth-order valence-corrected chi connectivity index (χ4v) is 3.01. The van der Waals surface area contributed by atoms with E-state index in [1.807, 2.05) is 18.7 Å². The Balaban J connectivity index is 2.10. The lowest BCUT2D eigenvalue weighted by molar-refractivity contribution is -0.144. The number of alkyl halides is 3. The molecule has 1 aromatic heterocycles. The monoisotopic (exact) mass is 308 g/mol. The van der Waals surface area contributed by atoms with E-state index in [0.29, 0.717) is 30.2 Å². The third kappa shape index (κ3) is 4.05. The van der Waals surface area contributed by atoms with Crippen LogP contribution in [0.2, 0.25) is 0 Å². The highest BCUT2D eigenvalue weighted by atomic mass is 32.1. The standard InChI is InChI=1S/C12H19F3N4S/c1-8(2)6-19(7-9-4-3-5-16-9)11-17-10(18-20-11)12(13,14)15/h8-9,16H,3-7H2,1-2H3. The van der Waals surface area contributed by atoms with Crippen LogP contribution in [0.3, 0.4) is 0 Å². The molecule has 0 bridgehead atoms. The Morgan fingerprint density at radius 2 is 2.20 bits per heavy atom. The normalized spacial score (nSPS) is 19.8. The van der Waals surface area contributed by atoms with E-state index in [1.165, 1.54) is 0 Å². The molecule has 0 saturated carbocycles. The molecule has 0 aromatic carbocycles. The molecule has 1 aliphatic rings. The zero-order chi connectivity index (χ0) is 14.8. The fourth-order valence-electron chi connectivity index (χ4n) is 2.31. The highest BCUT2D eigenvalue weighted by molar-refractivity contribution is 7.09. The van der Waals surface area contributed by atoms with Crippen molar-refractivity contribution in [2.45, 2.75) is 38.9 Å². The summed E-state index contributed by atoms with van der Waals surface area (Å²) in [5.74, 6) is -0.680. The predicted molar refractivity (Wildman–Crippen MR) is 73.0 cm³/mol. The van der Waals surface area contributed by atoms with Gasteiger partial charge >= 0.3 is 6.18 Å². The summed E-state index contributed by atoms with van der Waals surface area (Å²) in [6.07, 6.45) is -2.30. The molecular formula is C12H19F3N4S. The van der Waals surface area contributed by atoms with Crippen molar-refractivity contribution >= 4 is 16.7 Å². The number of nitrogens with zero attached hydrogens (tertiary/aromatic N) is 3. The van der Waals surface area contributed by atoms with E-state index in [4.69, 9.17) is 0 Å². The molecule has 1 saturated heterocycles. The van der Waals surface area contributed by atoms with Gasteiger partial charge in [0.1, 0.15) is 0 Å². The molecule has 1 N–H and O–H groups in total. The molecule has 0 spiro atoms. The third-order valence-electron chi connectivity index (χ3n) is 3.13. The van der Waals surface area contributed by atoms with Crippen LogP contribution >= 0.6 is 11.5 Å². The molecule has 8 heteroatoms. The molecule has 4 nitrogen and oxygen atoms in total. The largest absolute Gasteiger partial charge is 0.452 e. The van der Waals surface area contributed by atoms with Gasteiger partial charge in [0.15, 0.2) is 0 Å². The molecule has 0 radical (unpaired) electrons. The van der Waals surface area contributed by atoms with Gasteiger partial charge in [0.25, 0.3) is 0 Å². The Bertz CT molecular complexity index is 427. The molecule has 1 aromatic rings. The Kier molecular flexibility index (Phi) is 4.85. The average Bonchev–Trinajstić information content (AvgIpc) is 2.97. The van der Waals surface area contributed by atoms with Crippen molar-refractivity contribution in [2.75, 3.05) is 24.5 Å². The van der Waals surface area contributed by atoms with Gasteiger partial charge in [-0.1, -0.05) is 13.8 Å². The van der Waals surface area contributed by atoms with Crippen molar-refractivity contribution < 1.29 is 13.2 Å². The van der Waals surface area contributed by atoms with Gasteiger partial charge in [0.2, 0.25) is 11.0 Å². The summed E-state index contributed by atoms with van der Waals surface area (Å²) in [7, 11) is 0. The number of halogens is 3. The highest BCUT2D eigenvalue weighted by Crippen LogP contribution is 2.30. The Morgan fingerprint density at radius 1 is 1.45 bits per heavy atom. The molecule has 0 aliphatic carbocycles. The van der Waals surface area contributed by atoms with Crippen molar-refractivity contribution in [1.29, 1.82) is 0 Å². The number of hydrogen-bond donors (Lipinski definition) is 1. The molecule has 20 heavy (non-hydrogen) atoms. The maximum Gasteiger partial charge on any atom is 0.452 e. The van der Waals surface area contributed by atoms with Crippen LogP contribution < -0.4 is 10.2 Å². The Morgan fingerprint density at radius 3 is 2.70 bits per heavy atom. The first-order valence-corrected chi connectivity index (χ1v) is 7.53. The van der Waals surface area contributed by atoms with Gasteiger partial charge in [-0.2, -0.15) is 22.5 Å². The van der Waals surface area contributed by atoms with Crippen LogP contribution in [0, 0.1) is 5.92 Å². The summed E-state index contributed by atoms with van der Waals surface area (Å²) in [4.78, 5) is 5.57. The average molecular weight is 308 g/mol. The van der Waals surface area contributed by atoms with E-state index in [2.05, 4.69) is 14.7 Å². The minimum absolute atomic E-state index is 0.326. The second-order valence-electron chi connectivity index (χ2n) is 5.49. The van der Waals surface area contributed by atoms with Crippen LogP contribution in [0.5, 0.6) is 0 Å². The van der Waals surface area contributed by atoms with Gasteiger partial charge in [-0.05, 0) is 25.3 Å². The van der Waals surface area contributed by atoms with E-state index >= 15 is 0 Å². The van der Waals surface area contributed by atoms with Crippen LogP contribution in [-0.4, -0.2) is 35.0 Å². The first kappa shape index (κ1) is 15.5. The minimum atomic E-state index is -4.47. The lowest BCUT2D eigenvalue weighted by Gasteiger charge is -2.26. The van der Waals surface area contributed by atoms with E-state index in [-0.39, 0.29) is 0 Å².